The summed E-state index contributed by atoms with van der Waals surface area (Å²) < 4.78 is 35.2. The normalized spacial score (nSPS) is 12.3. The maximum atomic E-state index is 14.6. The first-order chi connectivity index (χ1) is 16.0. The highest BCUT2D eigenvalue weighted by atomic mass is 19.1. The monoisotopic (exact) mass is 472 g/mol. The molecule has 1 N–H and O–H groups in total. The number of fused-ring (bicyclic) bond motifs is 1. The van der Waals surface area contributed by atoms with Crippen LogP contribution in [-0.2, 0) is 16.1 Å². The fourth-order valence-corrected chi connectivity index (χ4v) is 3.29. The van der Waals surface area contributed by atoms with E-state index in [2.05, 4.69) is 29.4 Å². The van der Waals surface area contributed by atoms with Gasteiger partial charge < -0.3 is 14.9 Å². The number of halogens is 2. The van der Waals surface area contributed by atoms with Crippen LogP contribution < -0.4 is 5.32 Å². The highest BCUT2D eigenvalue weighted by molar-refractivity contribution is 6.14. The Labute approximate surface area is 197 Å². The fraction of sp³-hybridized carbons (Fsp3) is 0.400. The first kappa shape index (κ1) is 25.1. The van der Waals surface area contributed by atoms with E-state index < -0.39 is 23.3 Å². The van der Waals surface area contributed by atoms with E-state index in [0.717, 1.165) is 29.6 Å². The molecule has 0 saturated carbocycles. The van der Waals surface area contributed by atoms with Gasteiger partial charge in [-0.05, 0) is 51.0 Å². The number of benzene rings is 2. The Morgan fingerprint density at radius 1 is 1.18 bits per heavy atom. The Morgan fingerprint density at radius 2 is 1.94 bits per heavy atom. The van der Waals surface area contributed by atoms with Gasteiger partial charge in [0.15, 0.2) is 0 Å². The van der Waals surface area contributed by atoms with Crippen LogP contribution in [0.25, 0.3) is 10.9 Å². The average molecular weight is 473 g/mol. The Kier molecular flexibility index (Phi) is 7.86. The van der Waals surface area contributed by atoms with Gasteiger partial charge in [-0.25, -0.2) is 13.6 Å². The number of amides is 1. The zero-order valence-corrected chi connectivity index (χ0v) is 20.1. The number of carbonyl (C=O) groups is 1. The van der Waals surface area contributed by atoms with Crippen molar-refractivity contribution in [3.05, 3.63) is 65.4 Å². The molecule has 0 saturated heterocycles. The molecular weight excluding hydrogens is 442 g/mol. The lowest BCUT2D eigenvalue weighted by Crippen LogP contribution is -2.34. The number of ether oxygens (including phenoxy) is 1. The first-order valence-electron chi connectivity index (χ1n) is 11.1. The highest BCUT2D eigenvalue weighted by Crippen LogP contribution is 2.22. The van der Waals surface area contributed by atoms with E-state index in [9.17, 15) is 13.6 Å². The van der Waals surface area contributed by atoms with Crippen molar-refractivity contribution >= 4 is 22.7 Å². The summed E-state index contributed by atoms with van der Waals surface area (Å²) in [5.41, 5.74) is 1.21. The summed E-state index contributed by atoms with van der Waals surface area (Å²) in [5.74, 6) is -1.02. The predicted octanol–water partition coefficient (Wildman–Crippen LogP) is 5.26. The largest absolute Gasteiger partial charge is 0.444 e. The third kappa shape index (κ3) is 6.76. The number of nitrogens with zero attached hydrogens (tertiary/aromatic N) is 3. The summed E-state index contributed by atoms with van der Waals surface area (Å²) in [4.78, 5) is 17.1. The molecular formula is C25H30F2N4O3. The molecule has 0 aliphatic rings. The topological polar surface area (TPSA) is 77.7 Å². The summed E-state index contributed by atoms with van der Waals surface area (Å²) in [6, 6.07) is 8.80. The zero-order valence-electron chi connectivity index (χ0n) is 20.1. The molecule has 3 rings (SSSR count). The second-order valence-corrected chi connectivity index (χ2v) is 9.32. The van der Waals surface area contributed by atoms with Gasteiger partial charge in [0.25, 0.3) is 0 Å². The average Bonchev–Trinajstić information content (AvgIpc) is 3.11. The van der Waals surface area contributed by atoms with E-state index in [-0.39, 0.29) is 24.4 Å². The van der Waals surface area contributed by atoms with Gasteiger partial charge in [-0.3, -0.25) is 4.68 Å². The molecule has 182 valence electrons. The van der Waals surface area contributed by atoms with Gasteiger partial charge in [0.1, 0.15) is 29.6 Å². The molecule has 7 nitrogen and oxygen atoms in total. The van der Waals surface area contributed by atoms with Crippen molar-refractivity contribution in [3.8, 4) is 0 Å². The third-order valence-corrected chi connectivity index (χ3v) is 4.66. The molecule has 0 atom stereocenters. The van der Waals surface area contributed by atoms with Crippen molar-refractivity contribution in [1.29, 1.82) is 0 Å². The molecule has 0 aliphatic carbocycles. The van der Waals surface area contributed by atoms with Crippen LogP contribution in [0, 0.1) is 17.6 Å². The second-order valence-electron chi connectivity index (χ2n) is 9.32. The standard InChI is InChI=1S/C25H30F2N4O3/c1-16(2)15-31-22-9-6-17(12-18(22)14-29-31)23(20-8-7-19(26)13-21(20)27)30-33-11-10-28-24(32)34-25(3,4)5/h6-9,12-14,16H,10-11,15H2,1-5H3,(H,28,32)/b30-23+. The smallest absolute Gasteiger partial charge is 0.407 e. The second kappa shape index (κ2) is 10.6. The lowest BCUT2D eigenvalue weighted by molar-refractivity contribution is 0.0502. The minimum Gasteiger partial charge on any atom is -0.444 e. The predicted molar refractivity (Wildman–Crippen MR) is 127 cm³/mol. The van der Waals surface area contributed by atoms with Crippen LogP contribution in [0.3, 0.4) is 0 Å². The SMILES string of the molecule is CC(C)Cn1ncc2cc(/C(=N\OCCNC(=O)OC(C)(C)C)c3ccc(F)cc3F)ccc21. The zero-order chi connectivity index (χ0) is 24.9. The van der Waals surface area contributed by atoms with E-state index in [4.69, 9.17) is 9.57 Å². The first-order valence-corrected chi connectivity index (χ1v) is 11.1. The van der Waals surface area contributed by atoms with Crippen molar-refractivity contribution < 1.29 is 23.1 Å². The minimum absolute atomic E-state index is 0.0279. The number of hydrogen-bond donors (Lipinski definition) is 1. The van der Waals surface area contributed by atoms with Gasteiger partial charge in [0.05, 0.1) is 18.3 Å². The Balaban J connectivity index is 1.82. The van der Waals surface area contributed by atoms with E-state index in [0.29, 0.717) is 11.5 Å². The molecule has 9 heteroatoms. The molecule has 0 aliphatic heterocycles. The van der Waals surface area contributed by atoms with Crippen LogP contribution in [0.5, 0.6) is 0 Å². The molecule has 0 spiro atoms. The molecule has 1 heterocycles. The molecule has 0 fully saturated rings. The quantitative estimate of drug-likeness (QED) is 0.275. The van der Waals surface area contributed by atoms with E-state index >= 15 is 0 Å². The van der Waals surface area contributed by atoms with Gasteiger partial charge in [0, 0.05) is 29.1 Å². The number of rotatable bonds is 8. The van der Waals surface area contributed by atoms with E-state index in [1.165, 1.54) is 6.07 Å². The number of alkyl carbamates (subject to hydrolysis) is 1. The van der Waals surface area contributed by atoms with Crippen molar-refractivity contribution in [3.63, 3.8) is 0 Å². The van der Waals surface area contributed by atoms with Crippen molar-refractivity contribution in [2.24, 2.45) is 11.1 Å². The van der Waals surface area contributed by atoms with Gasteiger partial charge >= 0.3 is 6.09 Å². The lowest BCUT2D eigenvalue weighted by Gasteiger charge is -2.19. The van der Waals surface area contributed by atoms with Gasteiger partial charge in [0.2, 0.25) is 0 Å². The van der Waals surface area contributed by atoms with Gasteiger partial charge in [-0.1, -0.05) is 25.1 Å². The maximum Gasteiger partial charge on any atom is 0.407 e. The van der Waals surface area contributed by atoms with Crippen molar-refractivity contribution in [2.45, 2.75) is 46.8 Å². The van der Waals surface area contributed by atoms with Crippen molar-refractivity contribution in [2.75, 3.05) is 13.2 Å². The highest BCUT2D eigenvalue weighted by Gasteiger charge is 2.17. The van der Waals surface area contributed by atoms with Crippen LogP contribution in [0.2, 0.25) is 0 Å². The van der Waals surface area contributed by atoms with Crippen LogP contribution in [0.1, 0.15) is 45.7 Å². The van der Waals surface area contributed by atoms with Crippen LogP contribution in [-0.4, -0.2) is 40.3 Å². The molecule has 1 aromatic heterocycles. The molecule has 34 heavy (non-hydrogen) atoms. The Bertz CT molecular complexity index is 1180. The molecule has 0 radical (unpaired) electrons. The molecule has 1 amide bonds. The molecule has 0 bridgehead atoms. The van der Waals surface area contributed by atoms with Crippen LogP contribution in [0.15, 0.2) is 47.8 Å². The van der Waals surface area contributed by atoms with E-state index in [1.54, 1.807) is 33.0 Å². The van der Waals surface area contributed by atoms with E-state index in [1.807, 2.05) is 16.8 Å². The summed E-state index contributed by atoms with van der Waals surface area (Å²) in [7, 11) is 0. The van der Waals surface area contributed by atoms with Gasteiger partial charge in [-0.2, -0.15) is 5.10 Å². The van der Waals surface area contributed by atoms with Crippen LogP contribution in [0.4, 0.5) is 13.6 Å². The number of carbonyl (C=O) groups excluding carboxylic acids is 1. The van der Waals surface area contributed by atoms with Crippen molar-refractivity contribution in [1.82, 2.24) is 15.1 Å². The number of oxime groups is 1. The summed E-state index contributed by atoms with van der Waals surface area (Å²) in [6.07, 6.45) is 1.17. The minimum atomic E-state index is -0.759. The Hall–Kier alpha value is -3.49. The number of hydrogen-bond acceptors (Lipinski definition) is 5. The molecule has 2 aromatic carbocycles. The Morgan fingerprint density at radius 3 is 2.62 bits per heavy atom. The van der Waals surface area contributed by atoms with Gasteiger partial charge in [-0.15, -0.1) is 0 Å². The molecule has 0 unspecified atom stereocenters. The fourth-order valence-electron chi connectivity index (χ4n) is 3.29. The van der Waals surface area contributed by atoms with Crippen LogP contribution >= 0.6 is 0 Å². The summed E-state index contributed by atoms with van der Waals surface area (Å²) in [6.45, 7) is 10.4. The summed E-state index contributed by atoms with van der Waals surface area (Å²) >= 11 is 0. The number of nitrogens with one attached hydrogen (secondary N) is 1. The molecule has 3 aromatic rings. The third-order valence-electron chi connectivity index (χ3n) is 4.66. The maximum absolute atomic E-state index is 14.6. The number of aromatic nitrogens is 2. The lowest BCUT2D eigenvalue weighted by atomic mass is 10.0. The summed E-state index contributed by atoms with van der Waals surface area (Å²) in [5, 5.41) is 12.0.